The zero-order chi connectivity index (χ0) is 29.9. The predicted octanol–water partition coefficient (Wildman–Crippen LogP) is -0.0362. The van der Waals surface area contributed by atoms with Crippen LogP contribution in [0, 0.1) is 11.8 Å². The van der Waals surface area contributed by atoms with Crippen LogP contribution >= 0.6 is 0 Å². The smallest absolute Gasteiger partial charge is 0.333 e. The van der Waals surface area contributed by atoms with Gasteiger partial charge in [0.15, 0.2) is 11.2 Å². The van der Waals surface area contributed by atoms with Crippen LogP contribution in [0.25, 0.3) is 11.2 Å². The highest BCUT2D eigenvalue weighted by atomic mass is 32.2. The lowest BCUT2D eigenvalue weighted by atomic mass is 10.2. The number of nitrogens with zero attached hydrogens (tertiary/aromatic N) is 4. The fourth-order valence-corrected chi connectivity index (χ4v) is 3.59. The van der Waals surface area contributed by atoms with E-state index < -0.39 is 57.1 Å². The summed E-state index contributed by atoms with van der Waals surface area (Å²) in [4.78, 5) is 29.5. The van der Waals surface area contributed by atoms with Gasteiger partial charge in [-0.05, 0) is 18.2 Å². The minimum absolute atomic E-state index is 0.0594. The van der Waals surface area contributed by atoms with Crippen molar-refractivity contribution < 1.29 is 26.1 Å². The van der Waals surface area contributed by atoms with Crippen molar-refractivity contribution in [3.8, 4) is 11.8 Å². The Morgan fingerprint density at radius 1 is 1.21 bits per heavy atom. The van der Waals surface area contributed by atoms with Gasteiger partial charge in [-0.1, -0.05) is 17.9 Å². The molecular formula is C22H27N5O6S. The number of ether oxygens (including phenoxy) is 2. The lowest BCUT2D eigenvalue weighted by Crippen LogP contribution is -2.38. The number of sulfone groups is 1. The van der Waals surface area contributed by atoms with Crippen molar-refractivity contribution in [2.24, 2.45) is 14.0 Å². The Labute approximate surface area is 205 Å². The number of hydrogen-bond donors (Lipinski definition) is 1. The zero-order valence-electron chi connectivity index (χ0n) is 24.5. The fraction of sp³-hybridized carbons (Fsp3) is 0.409. The molecule has 0 spiro atoms. The number of hydrogen-bond acceptors (Lipinski definition) is 8. The van der Waals surface area contributed by atoms with E-state index in [-0.39, 0.29) is 4.57 Å². The number of anilines is 1. The van der Waals surface area contributed by atoms with Crippen molar-refractivity contribution in [3.05, 3.63) is 50.7 Å². The largest absolute Gasteiger partial charge is 0.383 e. The molecule has 0 bridgehead atoms. The molecule has 1 aromatic carbocycles. The number of methoxy groups -OCH3 is 1. The van der Waals surface area contributed by atoms with Gasteiger partial charge in [-0.25, -0.2) is 13.2 Å². The Morgan fingerprint density at radius 3 is 2.76 bits per heavy atom. The van der Waals surface area contributed by atoms with Crippen LogP contribution in [0.15, 0.2) is 39.0 Å². The number of fused-ring (bicyclic) bond motifs is 1. The SMILES string of the molecule is [2H]C([2H])([2H])n1c(S(=O)(=O)C([2H])([2H])[2H])nc2c1c(=O)n(C)c(=O)n2CC#Cc1cccc(NCCOCCOC)c1. The summed E-state index contributed by atoms with van der Waals surface area (Å²) in [7, 11) is -2.68. The van der Waals surface area contributed by atoms with E-state index in [0.717, 1.165) is 17.3 Å². The third-order valence-electron chi connectivity index (χ3n) is 4.69. The molecule has 0 atom stereocenters. The number of aryl methyl sites for hydroxylation is 1. The third-order valence-corrected chi connectivity index (χ3v) is 5.44. The molecule has 2 heterocycles. The van der Waals surface area contributed by atoms with Gasteiger partial charge in [-0.15, -0.1) is 0 Å². The molecule has 0 aliphatic heterocycles. The Balaban J connectivity index is 2.03. The molecule has 0 unspecified atom stereocenters. The second-order valence-electron chi connectivity index (χ2n) is 7.05. The Morgan fingerprint density at radius 2 is 2.03 bits per heavy atom. The normalized spacial score (nSPS) is 14.8. The van der Waals surface area contributed by atoms with Crippen LogP contribution in [0.1, 0.15) is 13.8 Å². The first-order valence-electron chi connectivity index (χ1n) is 13.0. The van der Waals surface area contributed by atoms with Gasteiger partial charge < -0.3 is 19.4 Å². The molecule has 0 saturated carbocycles. The monoisotopic (exact) mass is 495 g/mol. The second-order valence-corrected chi connectivity index (χ2v) is 8.42. The average molecular weight is 496 g/mol. The van der Waals surface area contributed by atoms with Crippen LogP contribution in [-0.2, 0) is 39.9 Å². The van der Waals surface area contributed by atoms with E-state index in [4.69, 9.17) is 17.7 Å². The van der Waals surface area contributed by atoms with Gasteiger partial charge in [0.25, 0.3) is 5.56 Å². The Bertz CT molecular complexity index is 1680. The summed E-state index contributed by atoms with van der Waals surface area (Å²) in [6, 6.07) is 7.01. The van der Waals surface area contributed by atoms with Crippen molar-refractivity contribution in [1.29, 1.82) is 0 Å². The van der Waals surface area contributed by atoms with Gasteiger partial charge in [0.1, 0.15) is 0 Å². The molecule has 0 amide bonds. The lowest BCUT2D eigenvalue weighted by Gasteiger charge is -2.07. The minimum Gasteiger partial charge on any atom is -0.383 e. The first-order valence-corrected chi connectivity index (χ1v) is 11.5. The minimum atomic E-state index is -5.32. The lowest BCUT2D eigenvalue weighted by molar-refractivity contribution is 0.0759. The number of imidazole rings is 1. The Hall–Kier alpha value is -3.40. The highest BCUT2D eigenvalue weighted by Crippen LogP contribution is 2.14. The summed E-state index contributed by atoms with van der Waals surface area (Å²) in [6.45, 7) is -1.80. The van der Waals surface area contributed by atoms with Crippen LogP contribution in [0.4, 0.5) is 5.69 Å². The average Bonchev–Trinajstić information content (AvgIpc) is 3.28. The summed E-state index contributed by atoms with van der Waals surface area (Å²) in [5.41, 5.74) is -2.21. The highest BCUT2D eigenvalue weighted by Gasteiger charge is 2.23. The maximum absolute atomic E-state index is 12.9. The van der Waals surface area contributed by atoms with Gasteiger partial charge in [-0.2, -0.15) is 4.98 Å². The molecule has 3 rings (SSSR count). The molecule has 0 radical (unpaired) electrons. The van der Waals surface area contributed by atoms with E-state index in [2.05, 4.69) is 22.1 Å². The first-order chi connectivity index (χ1) is 18.6. The Kier molecular flexibility index (Phi) is 5.66. The molecule has 12 heteroatoms. The van der Waals surface area contributed by atoms with Crippen LogP contribution in [0.5, 0.6) is 0 Å². The van der Waals surface area contributed by atoms with Crippen molar-refractivity contribution in [2.45, 2.75) is 11.7 Å². The molecule has 0 saturated heterocycles. The molecule has 182 valence electrons. The molecule has 0 aliphatic rings. The van der Waals surface area contributed by atoms with E-state index in [9.17, 15) is 18.0 Å². The van der Waals surface area contributed by atoms with Crippen LogP contribution in [-0.4, -0.2) is 66.8 Å². The number of benzene rings is 1. The first kappa shape index (κ1) is 18.0. The zero-order valence-corrected chi connectivity index (χ0v) is 19.3. The molecule has 34 heavy (non-hydrogen) atoms. The molecule has 0 aliphatic carbocycles. The van der Waals surface area contributed by atoms with Crippen LogP contribution < -0.4 is 16.6 Å². The van der Waals surface area contributed by atoms with Crippen molar-refractivity contribution in [1.82, 2.24) is 18.7 Å². The van der Waals surface area contributed by atoms with Gasteiger partial charge in [0.05, 0.1) is 26.4 Å². The molecule has 2 aromatic heterocycles. The topological polar surface area (TPSA) is 126 Å². The summed E-state index contributed by atoms with van der Waals surface area (Å²) in [6.07, 6.45) is -3.68. The summed E-state index contributed by atoms with van der Waals surface area (Å²) in [5.74, 6) is 5.58. The summed E-state index contributed by atoms with van der Waals surface area (Å²) >= 11 is 0. The summed E-state index contributed by atoms with van der Waals surface area (Å²) < 4.78 is 82.6. The molecule has 11 nitrogen and oxygen atoms in total. The van der Waals surface area contributed by atoms with Gasteiger partial charge in [0.2, 0.25) is 15.0 Å². The van der Waals surface area contributed by atoms with Gasteiger partial charge in [0, 0.05) is 53.3 Å². The molecule has 0 fully saturated rings. The molecule has 3 aromatic rings. The van der Waals surface area contributed by atoms with Gasteiger partial charge >= 0.3 is 5.69 Å². The number of nitrogens with one attached hydrogen (secondary N) is 1. The summed E-state index contributed by atoms with van der Waals surface area (Å²) in [5, 5.41) is 1.79. The van der Waals surface area contributed by atoms with E-state index in [1.165, 1.54) is 0 Å². The standard InChI is InChI=1S/C22H27N5O6S/c1-25-18-19(24-21(25)34(4,30)31)27(22(29)26(2)20(18)28)11-6-8-16-7-5-9-17(15-16)23-10-12-33-14-13-32-3/h5,7,9,15,23H,10-14H2,1-4H3/i1D3,4D3. The van der Waals surface area contributed by atoms with E-state index in [1.54, 1.807) is 25.3 Å². The third kappa shape index (κ3) is 5.56. The highest BCUT2D eigenvalue weighted by molar-refractivity contribution is 7.90. The van der Waals surface area contributed by atoms with Gasteiger partial charge in [-0.3, -0.25) is 13.9 Å². The number of aromatic nitrogens is 4. The van der Waals surface area contributed by atoms with Crippen molar-refractivity contribution >= 4 is 26.7 Å². The maximum Gasteiger partial charge on any atom is 0.333 e. The van der Waals surface area contributed by atoms with E-state index >= 15 is 0 Å². The second kappa shape index (κ2) is 10.7. The molecular weight excluding hydrogens is 462 g/mol. The van der Waals surface area contributed by atoms with Crippen LogP contribution in [0.2, 0.25) is 0 Å². The molecule has 1 N–H and O–H groups in total. The number of rotatable bonds is 9. The quantitative estimate of drug-likeness (QED) is 0.324. The van der Waals surface area contributed by atoms with Crippen molar-refractivity contribution in [2.75, 3.05) is 45.0 Å². The maximum atomic E-state index is 12.9. The van der Waals surface area contributed by atoms with E-state index in [1.807, 2.05) is 6.07 Å². The fourth-order valence-electron chi connectivity index (χ4n) is 3.05. The van der Waals surface area contributed by atoms with Crippen LogP contribution in [0.3, 0.4) is 0 Å². The van der Waals surface area contributed by atoms with E-state index in [0.29, 0.717) is 36.5 Å². The van der Waals surface area contributed by atoms with Crippen molar-refractivity contribution in [3.63, 3.8) is 0 Å². The predicted molar refractivity (Wildman–Crippen MR) is 128 cm³/mol.